The van der Waals surface area contributed by atoms with Crippen LogP contribution in [0.3, 0.4) is 0 Å². The number of carbonyl (C=O) groups is 1. The number of amides is 1. The highest BCUT2D eigenvalue weighted by atomic mass is 16.2. The van der Waals surface area contributed by atoms with E-state index < -0.39 is 0 Å². The minimum absolute atomic E-state index is 0.0493. The Kier molecular flexibility index (Phi) is 2.52. The molecule has 0 saturated heterocycles. The normalized spacial score (nSPS) is 14.1. The third-order valence-corrected chi connectivity index (χ3v) is 3.18. The molecule has 2 aromatic carbocycles. The van der Waals surface area contributed by atoms with Gasteiger partial charge in [-0.2, -0.15) is 0 Å². The molecule has 0 radical (unpaired) electrons. The Balaban J connectivity index is 1.97. The molecular weight excluding hydrogens is 224 g/mol. The zero-order chi connectivity index (χ0) is 12.5. The first-order valence-corrected chi connectivity index (χ1v) is 5.97. The van der Waals surface area contributed by atoms with E-state index in [0.29, 0.717) is 6.67 Å². The number of anilines is 2. The van der Waals surface area contributed by atoms with Crippen LogP contribution in [0.25, 0.3) is 0 Å². The number of rotatable bonds is 1. The second kappa shape index (κ2) is 4.18. The van der Waals surface area contributed by atoms with E-state index in [9.17, 15) is 4.79 Å². The summed E-state index contributed by atoms with van der Waals surface area (Å²) in [5.41, 5.74) is 3.75. The molecule has 90 valence electrons. The van der Waals surface area contributed by atoms with Gasteiger partial charge >= 0.3 is 0 Å². The summed E-state index contributed by atoms with van der Waals surface area (Å²) < 4.78 is 0. The molecule has 0 saturated carbocycles. The summed E-state index contributed by atoms with van der Waals surface area (Å²) in [6, 6.07) is 15.6. The highest BCUT2D eigenvalue weighted by molar-refractivity contribution is 6.11. The Morgan fingerprint density at radius 1 is 1.06 bits per heavy atom. The van der Waals surface area contributed by atoms with Crippen molar-refractivity contribution >= 4 is 17.3 Å². The zero-order valence-corrected chi connectivity index (χ0v) is 10.2. The van der Waals surface area contributed by atoms with Crippen molar-refractivity contribution < 1.29 is 4.79 Å². The number of carbonyl (C=O) groups excluding carboxylic acids is 1. The molecule has 1 heterocycles. The van der Waals surface area contributed by atoms with Crippen LogP contribution >= 0.6 is 0 Å². The minimum atomic E-state index is 0.0493. The third-order valence-electron chi connectivity index (χ3n) is 3.18. The van der Waals surface area contributed by atoms with Crippen molar-refractivity contribution in [2.75, 3.05) is 16.9 Å². The zero-order valence-electron chi connectivity index (χ0n) is 10.2. The summed E-state index contributed by atoms with van der Waals surface area (Å²) in [5, 5.41) is 3.26. The van der Waals surface area contributed by atoms with Gasteiger partial charge in [0.05, 0.1) is 12.2 Å². The van der Waals surface area contributed by atoms with Gasteiger partial charge < -0.3 is 5.32 Å². The van der Waals surface area contributed by atoms with E-state index in [4.69, 9.17) is 0 Å². The highest BCUT2D eigenvalue weighted by Gasteiger charge is 2.24. The topological polar surface area (TPSA) is 32.3 Å². The molecule has 0 bridgehead atoms. The first kappa shape index (κ1) is 10.8. The van der Waals surface area contributed by atoms with E-state index in [1.165, 1.54) is 5.56 Å². The number of hydrogen-bond donors (Lipinski definition) is 1. The minimum Gasteiger partial charge on any atom is -0.367 e. The Hall–Kier alpha value is -2.29. The van der Waals surface area contributed by atoms with Crippen molar-refractivity contribution in [2.45, 2.75) is 6.92 Å². The molecule has 3 nitrogen and oxygen atoms in total. The maximum atomic E-state index is 12.4. The van der Waals surface area contributed by atoms with Gasteiger partial charge in [-0.15, -0.1) is 0 Å². The molecule has 0 unspecified atom stereocenters. The predicted molar refractivity (Wildman–Crippen MR) is 72.9 cm³/mol. The fourth-order valence-corrected chi connectivity index (χ4v) is 2.14. The van der Waals surface area contributed by atoms with Crippen LogP contribution in [0, 0.1) is 6.92 Å². The second-order valence-corrected chi connectivity index (χ2v) is 4.45. The number of para-hydroxylation sites is 1. The third kappa shape index (κ3) is 1.74. The van der Waals surface area contributed by atoms with E-state index in [-0.39, 0.29) is 5.91 Å². The van der Waals surface area contributed by atoms with E-state index >= 15 is 0 Å². The molecule has 1 amide bonds. The van der Waals surface area contributed by atoms with Crippen molar-refractivity contribution in [3.63, 3.8) is 0 Å². The van der Waals surface area contributed by atoms with Crippen LogP contribution in [0.4, 0.5) is 11.4 Å². The molecule has 18 heavy (non-hydrogen) atoms. The van der Waals surface area contributed by atoms with Gasteiger partial charge in [0.15, 0.2) is 0 Å². The van der Waals surface area contributed by atoms with Crippen molar-refractivity contribution in [1.29, 1.82) is 0 Å². The lowest BCUT2D eigenvalue weighted by Crippen LogP contribution is -2.39. The molecule has 0 aliphatic carbocycles. The smallest absolute Gasteiger partial charge is 0.261 e. The van der Waals surface area contributed by atoms with Crippen LogP contribution in [0.1, 0.15) is 15.9 Å². The molecule has 1 N–H and O–H groups in total. The molecule has 2 aromatic rings. The highest BCUT2D eigenvalue weighted by Crippen LogP contribution is 2.25. The summed E-state index contributed by atoms with van der Waals surface area (Å²) in [6.07, 6.45) is 0. The van der Waals surface area contributed by atoms with Crippen LogP contribution in [-0.2, 0) is 0 Å². The van der Waals surface area contributed by atoms with Crippen molar-refractivity contribution in [3.05, 3.63) is 59.7 Å². The molecule has 1 aliphatic heterocycles. The lowest BCUT2D eigenvalue weighted by atomic mass is 10.1. The van der Waals surface area contributed by atoms with Crippen LogP contribution in [0.5, 0.6) is 0 Å². The van der Waals surface area contributed by atoms with Crippen LogP contribution < -0.4 is 10.2 Å². The van der Waals surface area contributed by atoms with Gasteiger partial charge in [0, 0.05) is 11.4 Å². The molecule has 0 spiro atoms. The van der Waals surface area contributed by atoms with E-state index in [1.807, 2.05) is 55.5 Å². The van der Waals surface area contributed by atoms with E-state index in [1.54, 1.807) is 4.90 Å². The average Bonchev–Trinajstić information content (AvgIpc) is 2.41. The van der Waals surface area contributed by atoms with E-state index in [0.717, 1.165) is 16.9 Å². The molecule has 3 rings (SSSR count). The molecule has 0 fully saturated rings. The molecule has 3 heteroatoms. The predicted octanol–water partition coefficient (Wildman–Crippen LogP) is 3.02. The monoisotopic (exact) mass is 238 g/mol. The van der Waals surface area contributed by atoms with Crippen LogP contribution in [0.15, 0.2) is 48.5 Å². The van der Waals surface area contributed by atoms with Gasteiger partial charge in [-0.25, -0.2) is 0 Å². The van der Waals surface area contributed by atoms with Gasteiger partial charge in [0.2, 0.25) is 0 Å². The quantitative estimate of drug-likeness (QED) is 0.828. The van der Waals surface area contributed by atoms with Crippen molar-refractivity contribution in [3.8, 4) is 0 Å². The van der Waals surface area contributed by atoms with Crippen LogP contribution in [-0.4, -0.2) is 12.6 Å². The average molecular weight is 238 g/mol. The molecule has 0 aromatic heterocycles. The van der Waals surface area contributed by atoms with Gasteiger partial charge in [-0.05, 0) is 31.2 Å². The SMILES string of the molecule is Cc1ccc(N2CNc3ccccc3C2=O)cc1. The van der Waals surface area contributed by atoms with Crippen molar-refractivity contribution in [1.82, 2.24) is 0 Å². The first-order chi connectivity index (χ1) is 8.75. The maximum absolute atomic E-state index is 12.4. The maximum Gasteiger partial charge on any atom is 0.261 e. The summed E-state index contributed by atoms with van der Waals surface area (Å²) in [4.78, 5) is 14.1. The van der Waals surface area contributed by atoms with Gasteiger partial charge in [0.25, 0.3) is 5.91 Å². The summed E-state index contributed by atoms with van der Waals surface area (Å²) >= 11 is 0. The number of benzene rings is 2. The Morgan fingerprint density at radius 3 is 2.56 bits per heavy atom. The van der Waals surface area contributed by atoms with Crippen LogP contribution in [0.2, 0.25) is 0 Å². The standard InChI is InChI=1S/C15H14N2O/c1-11-6-8-12(9-7-11)17-10-16-14-5-3-2-4-13(14)15(17)18/h2-9,16H,10H2,1H3. The van der Waals surface area contributed by atoms with Crippen molar-refractivity contribution in [2.24, 2.45) is 0 Å². The Morgan fingerprint density at radius 2 is 1.78 bits per heavy atom. The largest absolute Gasteiger partial charge is 0.367 e. The molecule has 1 aliphatic rings. The van der Waals surface area contributed by atoms with Gasteiger partial charge in [-0.1, -0.05) is 29.8 Å². The number of fused-ring (bicyclic) bond motifs is 1. The summed E-state index contributed by atoms with van der Waals surface area (Å²) in [7, 11) is 0. The van der Waals surface area contributed by atoms with Gasteiger partial charge in [0.1, 0.15) is 0 Å². The summed E-state index contributed by atoms with van der Waals surface area (Å²) in [5.74, 6) is 0.0493. The fourth-order valence-electron chi connectivity index (χ4n) is 2.14. The lowest BCUT2D eigenvalue weighted by molar-refractivity contribution is 0.0986. The molecular formula is C15H14N2O. The Labute approximate surface area is 106 Å². The summed E-state index contributed by atoms with van der Waals surface area (Å²) in [6.45, 7) is 2.55. The number of nitrogens with one attached hydrogen (secondary N) is 1. The number of hydrogen-bond acceptors (Lipinski definition) is 2. The van der Waals surface area contributed by atoms with E-state index in [2.05, 4.69) is 5.32 Å². The fraction of sp³-hybridized carbons (Fsp3) is 0.133. The number of nitrogens with zero attached hydrogens (tertiary/aromatic N) is 1. The first-order valence-electron chi connectivity index (χ1n) is 5.97. The molecule has 0 atom stereocenters. The lowest BCUT2D eigenvalue weighted by Gasteiger charge is -2.29. The Bertz CT molecular complexity index is 590. The van der Waals surface area contributed by atoms with Gasteiger partial charge in [-0.3, -0.25) is 9.69 Å². The second-order valence-electron chi connectivity index (χ2n) is 4.45. The number of aryl methyl sites for hydroxylation is 1.